The van der Waals surface area contributed by atoms with E-state index in [-0.39, 0.29) is 11.3 Å². The Kier molecular flexibility index (Phi) is 4.89. The van der Waals surface area contributed by atoms with E-state index < -0.39 is 0 Å². The summed E-state index contributed by atoms with van der Waals surface area (Å²) in [6, 6.07) is 0. The third kappa shape index (κ3) is 3.90. The quantitative estimate of drug-likeness (QED) is 0.753. The molecule has 0 aromatic carbocycles. The lowest BCUT2D eigenvalue weighted by Gasteiger charge is -2.15. The lowest BCUT2D eigenvalue weighted by molar-refractivity contribution is 0.0932. The largest absolute Gasteiger partial charge is 0.385 e. The minimum atomic E-state index is -0.163. The van der Waals surface area contributed by atoms with E-state index in [0.717, 1.165) is 32.4 Å². The summed E-state index contributed by atoms with van der Waals surface area (Å²) in [6.07, 6.45) is 6.39. The first-order chi connectivity index (χ1) is 9.69. The van der Waals surface area contributed by atoms with Crippen LogP contribution in [0.3, 0.4) is 0 Å². The highest BCUT2D eigenvalue weighted by Gasteiger charge is 2.42. The molecule has 6 heteroatoms. The van der Waals surface area contributed by atoms with Gasteiger partial charge in [0.05, 0.1) is 12.4 Å². The van der Waals surface area contributed by atoms with Gasteiger partial charge in [-0.25, -0.2) is 9.97 Å². The van der Waals surface area contributed by atoms with Gasteiger partial charge in [0.2, 0.25) is 0 Å². The molecule has 0 bridgehead atoms. The van der Waals surface area contributed by atoms with Gasteiger partial charge in [-0.15, -0.1) is 0 Å². The average Bonchev–Trinajstić information content (AvgIpc) is 3.24. The highest BCUT2D eigenvalue weighted by Crippen LogP contribution is 2.48. The van der Waals surface area contributed by atoms with Crippen molar-refractivity contribution >= 4 is 11.7 Å². The van der Waals surface area contributed by atoms with Crippen LogP contribution in [0.15, 0.2) is 12.4 Å². The molecule has 2 rings (SSSR count). The fourth-order valence-corrected chi connectivity index (χ4v) is 2.09. The smallest absolute Gasteiger partial charge is 0.271 e. The maximum atomic E-state index is 12.0. The van der Waals surface area contributed by atoms with Gasteiger partial charge in [-0.2, -0.15) is 0 Å². The highest BCUT2D eigenvalue weighted by atomic mass is 16.5. The van der Waals surface area contributed by atoms with E-state index in [4.69, 9.17) is 4.74 Å². The predicted octanol–water partition coefficient (Wildman–Crippen LogP) is 1.45. The van der Waals surface area contributed by atoms with Crippen molar-refractivity contribution < 1.29 is 9.53 Å². The molecule has 6 nitrogen and oxygen atoms in total. The molecule has 20 heavy (non-hydrogen) atoms. The monoisotopic (exact) mass is 278 g/mol. The lowest BCUT2D eigenvalue weighted by atomic mass is 10.0. The van der Waals surface area contributed by atoms with Crippen molar-refractivity contribution in [2.75, 3.05) is 32.1 Å². The SMILES string of the molecule is CCNc1cnc(C(=O)NCC2(CCOC)CC2)cn1. The zero-order chi connectivity index (χ0) is 14.4. The van der Waals surface area contributed by atoms with Crippen molar-refractivity contribution in [2.45, 2.75) is 26.2 Å². The number of methoxy groups -OCH3 is 1. The van der Waals surface area contributed by atoms with E-state index in [1.54, 1.807) is 13.3 Å². The highest BCUT2D eigenvalue weighted by molar-refractivity contribution is 5.92. The van der Waals surface area contributed by atoms with Crippen LogP contribution in [0.2, 0.25) is 0 Å². The molecule has 1 amide bonds. The molecule has 1 aliphatic carbocycles. The van der Waals surface area contributed by atoms with Gasteiger partial charge < -0.3 is 15.4 Å². The van der Waals surface area contributed by atoms with Gasteiger partial charge in [0.15, 0.2) is 0 Å². The van der Waals surface area contributed by atoms with Crippen molar-refractivity contribution in [1.82, 2.24) is 15.3 Å². The van der Waals surface area contributed by atoms with Gasteiger partial charge in [0.25, 0.3) is 5.91 Å². The summed E-state index contributed by atoms with van der Waals surface area (Å²) < 4.78 is 5.10. The van der Waals surface area contributed by atoms with Gasteiger partial charge in [-0.1, -0.05) is 0 Å². The van der Waals surface area contributed by atoms with E-state index in [9.17, 15) is 4.79 Å². The second-order valence-corrected chi connectivity index (χ2v) is 5.24. The molecule has 0 spiro atoms. The first-order valence-corrected chi connectivity index (χ1v) is 7.02. The normalized spacial score (nSPS) is 15.7. The summed E-state index contributed by atoms with van der Waals surface area (Å²) in [6.45, 7) is 4.19. The van der Waals surface area contributed by atoms with Crippen LogP contribution >= 0.6 is 0 Å². The summed E-state index contributed by atoms with van der Waals surface area (Å²) in [4.78, 5) is 20.3. The fourth-order valence-electron chi connectivity index (χ4n) is 2.09. The van der Waals surface area contributed by atoms with E-state index in [0.29, 0.717) is 18.1 Å². The molecular weight excluding hydrogens is 256 g/mol. The molecule has 2 N–H and O–H groups in total. The Morgan fingerprint density at radius 1 is 1.40 bits per heavy atom. The molecular formula is C14H22N4O2. The Morgan fingerprint density at radius 2 is 2.20 bits per heavy atom. The number of anilines is 1. The summed E-state index contributed by atoms with van der Waals surface area (Å²) in [5, 5.41) is 5.99. The van der Waals surface area contributed by atoms with Gasteiger partial charge >= 0.3 is 0 Å². The second-order valence-electron chi connectivity index (χ2n) is 5.24. The Bertz CT molecular complexity index is 443. The Labute approximate surface area is 119 Å². The second kappa shape index (κ2) is 6.65. The van der Waals surface area contributed by atoms with Crippen molar-refractivity contribution in [2.24, 2.45) is 5.41 Å². The maximum absolute atomic E-state index is 12.0. The lowest BCUT2D eigenvalue weighted by Crippen LogP contribution is -2.31. The maximum Gasteiger partial charge on any atom is 0.271 e. The third-order valence-electron chi connectivity index (χ3n) is 3.66. The van der Waals surface area contributed by atoms with Gasteiger partial charge in [0, 0.05) is 26.8 Å². The zero-order valence-electron chi connectivity index (χ0n) is 12.1. The number of hydrogen-bond acceptors (Lipinski definition) is 5. The average molecular weight is 278 g/mol. The number of carbonyl (C=O) groups excluding carboxylic acids is 1. The number of carbonyl (C=O) groups is 1. The standard InChI is InChI=1S/C14H22N4O2/c1-3-15-12-9-16-11(8-17-12)13(19)18-10-14(4-5-14)6-7-20-2/h8-9H,3-7,10H2,1-2H3,(H,15,17)(H,18,19). The molecule has 0 saturated heterocycles. The van der Waals surface area contributed by atoms with Crippen LogP contribution < -0.4 is 10.6 Å². The molecule has 0 atom stereocenters. The molecule has 1 aromatic heterocycles. The Hall–Kier alpha value is -1.69. The predicted molar refractivity (Wildman–Crippen MR) is 76.7 cm³/mol. The minimum Gasteiger partial charge on any atom is -0.385 e. The summed E-state index contributed by atoms with van der Waals surface area (Å²) in [5.41, 5.74) is 0.595. The van der Waals surface area contributed by atoms with Crippen LogP contribution in [0.4, 0.5) is 5.82 Å². The van der Waals surface area contributed by atoms with Gasteiger partial charge in [-0.05, 0) is 31.6 Å². The Morgan fingerprint density at radius 3 is 2.75 bits per heavy atom. The number of nitrogens with one attached hydrogen (secondary N) is 2. The van der Waals surface area contributed by atoms with Crippen LogP contribution in [-0.2, 0) is 4.74 Å². The summed E-state index contributed by atoms with van der Waals surface area (Å²) in [7, 11) is 1.70. The first-order valence-electron chi connectivity index (χ1n) is 7.02. The van der Waals surface area contributed by atoms with Crippen LogP contribution in [0, 0.1) is 5.41 Å². The van der Waals surface area contributed by atoms with Crippen molar-refractivity contribution in [3.05, 3.63) is 18.1 Å². The van der Waals surface area contributed by atoms with E-state index in [1.807, 2.05) is 6.92 Å². The summed E-state index contributed by atoms with van der Waals surface area (Å²) in [5.74, 6) is 0.520. The van der Waals surface area contributed by atoms with Crippen LogP contribution in [0.5, 0.6) is 0 Å². The van der Waals surface area contributed by atoms with Crippen LogP contribution in [-0.4, -0.2) is 42.7 Å². The van der Waals surface area contributed by atoms with Crippen molar-refractivity contribution in [1.29, 1.82) is 0 Å². The third-order valence-corrected chi connectivity index (χ3v) is 3.66. The van der Waals surface area contributed by atoms with E-state index in [1.165, 1.54) is 6.20 Å². The number of hydrogen-bond donors (Lipinski definition) is 2. The van der Waals surface area contributed by atoms with Crippen LogP contribution in [0.1, 0.15) is 36.7 Å². The fraction of sp³-hybridized carbons (Fsp3) is 0.643. The summed E-state index contributed by atoms with van der Waals surface area (Å²) >= 11 is 0. The minimum absolute atomic E-state index is 0.163. The molecule has 0 aliphatic heterocycles. The van der Waals surface area contributed by atoms with Crippen LogP contribution in [0.25, 0.3) is 0 Å². The zero-order valence-corrected chi connectivity index (χ0v) is 12.1. The molecule has 1 heterocycles. The van der Waals surface area contributed by atoms with E-state index >= 15 is 0 Å². The number of ether oxygens (including phenoxy) is 1. The van der Waals surface area contributed by atoms with Gasteiger partial charge in [0.1, 0.15) is 11.5 Å². The number of nitrogens with zero attached hydrogens (tertiary/aromatic N) is 2. The molecule has 0 radical (unpaired) electrons. The van der Waals surface area contributed by atoms with Crippen molar-refractivity contribution in [3.63, 3.8) is 0 Å². The topological polar surface area (TPSA) is 76.1 Å². The molecule has 110 valence electrons. The van der Waals surface area contributed by atoms with Crippen molar-refractivity contribution in [3.8, 4) is 0 Å². The molecule has 0 unspecified atom stereocenters. The number of aromatic nitrogens is 2. The molecule has 1 aliphatic rings. The number of rotatable bonds is 8. The molecule has 1 aromatic rings. The van der Waals surface area contributed by atoms with Gasteiger partial charge in [-0.3, -0.25) is 4.79 Å². The number of amides is 1. The first kappa shape index (κ1) is 14.7. The molecule has 1 saturated carbocycles. The van der Waals surface area contributed by atoms with E-state index in [2.05, 4.69) is 20.6 Å². The molecule has 1 fully saturated rings. The Balaban J connectivity index is 1.82.